The molecule has 0 spiro atoms. The van der Waals surface area contributed by atoms with E-state index in [2.05, 4.69) is 45.2 Å². The third-order valence-electron chi connectivity index (χ3n) is 3.24. The number of halogens is 1. The number of nitrogens with one attached hydrogen (secondary N) is 1. The maximum atomic E-state index is 5.49. The van der Waals surface area contributed by atoms with Crippen LogP contribution in [-0.4, -0.2) is 28.4 Å². The minimum Gasteiger partial charge on any atom is -0.493 e. The average molecular weight is 353 g/mol. The second-order valence-corrected chi connectivity index (χ2v) is 5.54. The Kier molecular flexibility index (Phi) is 5.76. The SMILES string of the molecule is CCCn1ncc(OC)c1C(NCC)c1ncccc1Br. The predicted octanol–water partition coefficient (Wildman–Crippen LogP) is 3.16. The molecular formula is C15H21BrN4O. The van der Waals surface area contributed by atoms with Gasteiger partial charge in [-0.25, -0.2) is 0 Å². The maximum absolute atomic E-state index is 5.49. The Balaban J connectivity index is 2.52. The normalized spacial score (nSPS) is 12.4. The third-order valence-corrected chi connectivity index (χ3v) is 3.91. The fourth-order valence-corrected chi connectivity index (χ4v) is 2.84. The van der Waals surface area contributed by atoms with E-state index in [0.717, 1.165) is 41.1 Å². The zero-order valence-electron chi connectivity index (χ0n) is 12.6. The standard InChI is InChI=1S/C15H21BrN4O/c1-4-9-20-15(12(21-3)10-19-20)14(17-5-2)13-11(16)7-6-8-18-13/h6-8,10,14,17H,4-5,9H2,1-3H3. The molecule has 0 bridgehead atoms. The molecule has 0 aliphatic heterocycles. The van der Waals surface area contributed by atoms with E-state index in [9.17, 15) is 0 Å². The number of rotatable bonds is 7. The second-order valence-electron chi connectivity index (χ2n) is 4.68. The molecule has 0 amide bonds. The number of aromatic nitrogens is 3. The molecule has 2 aromatic heterocycles. The molecule has 0 saturated carbocycles. The van der Waals surface area contributed by atoms with Crippen LogP contribution in [0.1, 0.15) is 37.7 Å². The molecule has 0 radical (unpaired) electrons. The van der Waals surface area contributed by atoms with Crippen LogP contribution in [-0.2, 0) is 6.54 Å². The molecular weight excluding hydrogens is 332 g/mol. The quantitative estimate of drug-likeness (QED) is 0.831. The van der Waals surface area contributed by atoms with Crippen LogP contribution in [0.15, 0.2) is 29.0 Å². The molecule has 0 fully saturated rings. The summed E-state index contributed by atoms with van der Waals surface area (Å²) in [6.07, 6.45) is 4.59. The Morgan fingerprint density at radius 3 is 2.86 bits per heavy atom. The summed E-state index contributed by atoms with van der Waals surface area (Å²) in [7, 11) is 1.67. The molecule has 0 aliphatic carbocycles. The minimum absolute atomic E-state index is 0.0606. The van der Waals surface area contributed by atoms with Gasteiger partial charge in [-0.2, -0.15) is 5.10 Å². The Hall–Kier alpha value is -1.40. The van der Waals surface area contributed by atoms with Crippen LogP contribution in [0.2, 0.25) is 0 Å². The van der Waals surface area contributed by atoms with Gasteiger partial charge in [-0.1, -0.05) is 13.8 Å². The van der Waals surface area contributed by atoms with Gasteiger partial charge in [0.2, 0.25) is 0 Å². The monoisotopic (exact) mass is 352 g/mol. The van der Waals surface area contributed by atoms with Crippen LogP contribution < -0.4 is 10.1 Å². The number of aryl methyl sites for hydroxylation is 1. The van der Waals surface area contributed by atoms with Crippen molar-refractivity contribution in [2.45, 2.75) is 32.9 Å². The summed E-state index contributed by atoms with van der Waals surface area (Å²) in [5.41, 5.74) is 1.95. The van der Waals surface area contributed by atoms with Crippen LogP contribution >= 0.6 is 15.9 Å². The van der Waals surface area contributed by atoms with Crippen LogP contribution in [0.5, 0.6) is 5.75 Å². The number of methoxy groups -OCH3 is 1. The van der Waals surface area contributed by atoms with Crippen molar-refractivity contribution < 1.29 is 4.74 Å². The van der Waals surface area contributed by atoms with Gasteiger partial charge in [0.15, 0.2) is 5.75 Å². The van der Waals surface area contributed by atoms with Gasteiger partial charge in [0.05, 0.1) is 25.0 Å². The van der Waals surface area contributed by atoms with E-state index in [1.54, 1.807) is 19.5 Å². The third kappa shape index (κ3) is 3.44. The lowest BCUT2D eigenvalue weighted by Gasteiger charge is -2.21. The Morgan fingerprint density at radius 2 is 2.24 bits per heavy atom. The first-order valence-electron chi connectivity index (χ1n) is 7.16. The highest BCUT2D eigenvalue weighted by molar-refractivity contribution is 9.10. The molecule has 1 unspecified atom stereocenters. The summed E-state index contributed by atoms with van der Waals surface area (Å²) in [5.74, 6) is 0.784. The van der Waals surface area contributed by atoms with Gasteiger partial charge in [-0.3, -0.25) is 9.67 Å². The van der Waals surface area contributed by atoms with Crippen LogP contribution in [0, 0.1) is 0 Å². The summed E-state index contributed by atoms with van der Waals surface area (Å²) in [4.78, 5) is 4.52. The summed E-state index contributed by atoms with van der Waals surface area (Å²) in [5, 5.41) is 7.93. The zero-order valence-corrected chi connectivity index (χ0v) is 14.2. The number of ether oxygens (including phenoxy) is 1. The van der Waals surface area contributed by atoms with Crippen molar-refractivity contribution in [2.24, 2.45) is 0 Å². The van der Waals surface area contributed by atoms with Crippen LogP contribution in [0.4, 0.5) is 0 Å². The van der Waals surface area contributed by atoms with E-state index in [-0.39, 0.29) is 6.04 Å². The number of pyridine rings is 1. The molecule has 114 valence electrons. The van der Waals surface area contributed by atoms with E-state index in [1.807, 2.05) is 16.8 Å². The molecule has 1 atom stereocenters. The lowest BCUT2D eigenvalue weighted by molar-refractivity contribution is 0.397. The van der Waals surface area contributed by atoms with Crippen molar-refractivity contribution in [3.05, 3.63) is 40.4 Å². The van der Waals surface area contributed by atoms with E-state index in [0.29, 0.717) is 0 Å². The minimum atomic E-state index is -0.0606. The highest BCUT2D eigenvalue weighted by Crippen LogP contribution is 2.32. The molecule has 21 heavy (non-hydrogen) atoms. The smallest absolute Gasteiger partial charge is 0.161 e. The van der Waals surface area contributed by atoms with Gasteiger partial charge in [0.25, 0.3) is 0 Å². The molecule has 2 rings (SSSR count). The van der Waals surface area contributed by atoms with E-state index < -0.39 is 0 Å². The van der Waals surface area contributed by atoms with Crippen molar-refractivity contribution >= 4 is 15.9 Å². The molecule has 2 heterocycles. The molecule has 1 N–H and O–H groups in total. The molecule has 0 saturated heterocycles. The lowest BCUT2D eigenvalue weighted by atomic mass is 10.1. The summed E-state index contributed by atoms with van der Waals surface area (Å²) >= 11 is 3.59. The average Bonchev–Trinajstić information content (AvgIpc) is 2.89. The van der Waals surface area contributed by atoms with E-state index >= 15 is 0 Å². The largest absolute Gasteiger partial charge is 0.493 e. The number of hydrogen-bond acceptors (Lipinski definition) is 4. The van der Waals surface area contributed by atoms with E-state index in [4.69, 9.17) is 4.74 Å². The van der Waals surface area contributed by atoms with E-state index in [1.165, 1.54) is 0 Å². The second kappa shape index (κ2) is 7.56. The predicted molar refractivity (Wildman–Crippen MR) is 86.5 cm³/mol. The fourth-order valence-electron chi connectivity index (χ4n) is 2.35. The molecule has 2 aromatic rings. The summed E-state index contributed by atoms with van der Waals surface area (Å²) in [6.45, 7) is 5.90. The Labute approximate surface area is 133 Å². The van der Waals surface area contributed by atoms with Crippen molar-refractivity contribution in [3.63, 3.8) is 0 Å². The van der Waals surface area contributed by atoms with Crippen LogP contribution in [0.25, 0.3) is 0 Å². The van der Waals surface area contributed by atoms with Crippen molar-refractivity contribution in [2.75, 3.05) is 13.7 Å². The number of hydrogen-bond donors (Lipinski definition) is 1. The van der Waals surface area contributed by atoms with Gasteiger partial charge < -0.3 is 10.1 Å². The van der Waals surface area contributed by atoms with Gasteiger partial charge in [0.1, 0.15) is 5.69 Å². The highest BCUT2D eigenvalue weighted by atomic mass is 79.9. The summed E-state index contributed by atoms with van der Waals surface area (Å²) in [6, 6.07) is 3.85. The first-order valence-corrected chi connectivity index (χ1v) is 7.95. The zero-order chi connectivity index (χ0) is 15.2. The van der Waals surface area contributed by atoms with Crippen molar-refractivity contribution in [3.8, 4) is 5.75 Å². The number of nitrogens with zero attached hydrogens (tertiary/aromatic N) is 3. The molecule has 0 aliphatic rings. The first kappa shape index (κ1) is 16.0. The van der Waals surface area contributed by atoms with Gasteiger partial charge in [-0.15, -0.1) is 0 Å². The highest BCUT2D eigenvalue weighted by Gasteiger charge is 2.25. The fraction of sp³-hybridized carbons (Fsp3) is 0.467. The molecule has 5 nitrogen and oxygen atoms in total. The Bertz CT molecular complexity index is 585. The van der Waals surface area contributed by atoms with Gasteiger partial charge in [-0.05, 0) is 41.0 Å². The first-order chi connectivity index (χ1) is 10.2. The van der Waals surface area contributed by atoms with Gasteiger partial charge in [0, 0.05) is 17.2 Å². The Morgan fingerprint density at radius 1 is 1.43 bits per heavy atom. The maximum Gasteiger partial charge on any atom is 0.161 e. The molecule has 6 heteroatoms. The van der Waals surface area contributed by atoms with Crippen molar-refractivity contribution in [1.82, 2.24) is 20.1 Å². The molecule has 0 aromatic carbocycles. The van der Waals surface area contributed by atoms with Gasteiger partial charge >= 0.3 is 0 Å². The van der Waals surface area contributed by atoms with Crippen LogP contribution in [0.3, 0.4) is 0 Å². The topological polar surface area (TPSA) is 52.0 Å². The summed E-state index contributed by atoms with van der Waals surface area (Å²) < 4.78 is 8.46. The van der Waals surface area contributed by atoms with Crippen molar-refractivity contribution in [1.29, 1.82) is 0 Å². The lowest BCUT2D eigenvalue weighted by Crippen LogP contribution is -2.26.